The number of carbonyl (C=O) groups is 1. The standard InChI is InChI=1S/C22H28N4O3.3ClH/c27-20(19-11-15-3-1-2-4-16(15)12-24-19)14-26-22(28)17-5-6-21(25-13-17)29-18-7-9-23-10-8-18;;;/h1-6,13,18-20,23-24,27H,7-12,14H2,(H,26,28);3*1H/t19-,20+;;;/m0.../s1. The first-order valence-electron chi connectivity index (χ1n) is 10.3. The van der Waals surface area contributed by atoms with Gasteiger partial charge in [-0.3, -0.25) is 4.79 Å². The lowest BCUT2D eigenvalue weighted by molar-refractivity contribution is 0.0869. The molecular formula is C22H31Cl3N4O3. The molecule has 178 valence electrons. The SMILES string of the molecule is Cl.Cl.Cl.O=C(NC[C@@H](O)[C@@H]1Cc2ccccc2CN1)c1ccc(OC2CCNCC2)nc1. The van der Waals surface area contributed by atoms with Gasteiger partial charge in [0.05, 0.1) is 11.7 Å². The van der Waals surface area contributed by atoms with Crippen LogP contribution in [0.3, 0.4) is 0 Å². The van der Waals surface area contributed by atoms with Crippen molar-refractivity contribution in [3.8, 4) is 5.88 Å². The number of pyridine rings is 1. The maximum Gasteiger partial charge on any atom is 0.252 e. The Kier molecular flexibility index (Phi) is 12.3. The molecule has 2 aliphatic rings. The lowest BCUT2D eigenvalue weighted by Crippen LogP contribution is -2.49. The highest BCUT2D eigenvalue weighted by Crippen LogP contribution is 2.18. The Balaban J connectivity index is 0.00000171. The minimum Gasteiger partial charge on any atom is -0.474 e. The third-order valence-electron chi connectivity index (χ3n) is 5.62. The lowest BCUT2D eigenvalue weighted by Gasteiger charge is -2.30. The number of aromatic nitrogens is 1. The van der Waals surface area contributed by atoms with Crippen LogP contribution in [0.5, 0.6) is 5.88 Å². The summed E-state index contributed by atoms with van der Waals surface area (Å²) in [5.41, 5.74) is 2.96. The summed E-state index contributed by atoms with van der Waals surface area (Å²) >= 11 is 0. The number of halogens is 3. The van der Waals surface area contributed by atoms with Crippen LogP contribution in [-0.2, 0) is 13.0 Å². The van der Waals surface area contributed by atoms with E-state index in [0.717, 1.165) is 38.9 Å². The highest BCUT2D eigenvalue weighted by molar-refractivity contribution is 5.93. The number of nitrogens with zero attached hydrogens (tertiary/aromatic N) is 1. The molecule has 2 aromatic rings. The largest absolute Gasteiger partial charge is 0.474 e. The Bertz CT molecular complexity index is 835. The summed E-state index contributed by atoms with van der Waals surface area (Å²) in [5, 5.41) is 20.0. The summed E-state index contributed by atoms with van der Waals surface area (Å²) in [4.78, 5) is 16.7. The van der Waals surface area contributed by atoms with Gasteiger partial charge in [-0.05, 0) is 49.5 Å². The fourth-order valence-electron chi connectivity index (χ4n) is 3.86. The minimum absolute atomic E-state index is 0. The van der Waals surface area contributed by atoms with Crippen molar-refractivity contribution in [3.63, 3.8) is 0 Å². The van der Waals surface area contributed by atoms with Gasteiger partial charge >= 0.3 is 0 Å². The van der Waals surface area contributed by atoms with Crippen molar-refractivity contribution in [2.24, 2.45) is 0 Å². The molecule has 3 heterocycles. The van der Waals surface area contributed by atoms with E-state index < -0.39 is 6.10 Å². The van der Waals surface area contributed by atoms with E-state index in [4.69, 9.17) is 4.74 Å². The number of benzene rings is 1. The number of fused-ring (bicyclic) bond motifs is 1. The molecule has 7 nitrogen and oxygen atoms in total. The average Bonchev–Trinajstić information content (AvgIpc) is 2.78. The van der Waals surface area contributed by atoms with Crippen molar-refractivity contribution in [1.82, 2.24) is 20.9 Å². The van der Waals surface area contributed by atoms with Crippen molar-refractivity contribution < 1.29 is 14.6 Å². The molecule has 0 spiro atoms. The van der Waals surface area contributed by atoms with E-state index >= 15 is 0 Å². The highest BCUT2D eigenvalue weighted by Gasteiger charge is 2.24. The molecule has 32 heavy (non-hydrogen) atoms. The van der Waals surface area contributed by atoms with Gasteiger partial charge in [-0.25, -0.2) is 4.98 Å². The summed E-state index contributed by atoms with van der Waals surface area (Å²) in [6, 6.07) is 11.6. The van der Waals surface area contributed by atoms with E-state index in [-0.39, 0.29) is 61.8 Å². The number of hydrogen-bond acceptors (Lipinski definition) is 6. The Labute approximate surface area is 207 Å². The molecule has 10 heteroatoms. The van der Waals surface area contributed by atoms with Crippen LogP contribution in [0.2, 0.25) is 0 Å². The van der Waals surface area contributed by atoms with Gasteiger partial charge in [0.2, 0.25) is 5.88 Å². The summed E-state index contributed by atoms with van der Waals surface area (Å²) in [6.45, 7) is 2.82. The molecule has 4 rings (SSSR count). The molecule has 0 bridgehead atoms. The van der Waals surface area contributed by atoms with E-state index in [9.17, 15) is 9.90 Å². The second-order valence-corrected chi connectivity index (χ2v) is 7.69. The Morgan fingerprint density at radius 1 is 1.12 bits per heavy atom. The number of hydrogen-bond donors (Lipinski definition) is 4. The molecule has 1 fully saturated rings. The predicted molar refractivity (Wildman–Crippen MR) is 132 cm³/mol. The van der Waals surface area contributed by atoms with Crippen molar-refractivity contribution in [1.29, 1.82) is 0 Å². The van der Waals surface area contributed by atoms with E-state index in [0.29, 0.717) is 11.4 Å². The van der Waals surface area contributed by atoms with E-state index in [1.165, 1.54) is 17.3 Å². The smallest absolute Gasteiger partial charge is 0.252 e. The predicted octanol–water partition coefficient (Wildman–Crippen LogP) is 2.28. The molecule has 1 amide bonds. The second kappa shape index (κ2) is 13.8. The van der Waals surface area contributed by atoms with Gasteiger partial charge in [0.25, 0.3) is 5.91 Å². The molecule has 2 aliphatic heterocycles. The van der Waals surface area contributed by atoms with Gasteiger partial charge in [-0.2, -0.15) is 0 Å². The average molecular weight is 506 g/mol. The molecule has 1 saturated heterocycles. The first-order valence-corrected chi connectivity index (χ1v) is 10.3. The molecule has 4 N–H and O–H groups in total. The highest BCUT2D eigenvalue weighted by atomic mass is 35.5. The molecule has 2 atom stereocenters. The van der Waals surface area contributed by atoms with Gasteiger partial charge < -0.3 is 25.8 Å². The fourth-order valence-corrected chi connectivity index (χ4v) is 3.86. The van der Waals surface area contributed by atoms with Crippen LogP contribution >= 0.6 is 37.2 Å². The second-order valence-electron chi connectivity index (χ2n) is 7.69. The van der Waals surface area contributed by atoms with Crippen LogP contribution in [0.4, 0.5) is 0 Å². The van der Waals surface area contributed by atoms with Gasteiger partial charge in [0.1, 0.15) is 6.10 Å². The molecule has 0 aliphatic carbocycles. The zero-order valence-electron chi connectivity index (χ0n) is 17.7. The van der Waals surface area contributed by atoms with Crippen LogP contribution in [0.1, 0.15) is 34.3 Å². The van der Waals surface area contributed by atoms with Crippen molar-refractivity contribution >= 4 is 43.1 Å². The van der Waals surface area contributed by atoms with Crippen LogP contribution in [0.15, 0.2) is 42.6 Å². The Morgan fingerprint density at radius 2 is 1.84 bits per heavy atom. The quantitative estimate of drug-likeness (QED) is 0.481. The third kappa shape index (κ3) is 7.47. The van der Waals surface area contributed by atoms with E-state index in [1.807, 2.05) is 12.1 Å². The molecular weight excluding hydrogens is 475 g/mol. The number of nitrogens with one attached hydrogen (secondary N) is 3. The molecule has 1 aromatic carbocycles. The molecule has 0 saturated carbocycles. The number of carbonyl (C=O) groups excluding carboxylic acids is 1. The minimum atomic E-state index is -0.664. The zero-order chi connectivity index (χ0) is 20.1. The summed E-state index contributed by atoms with van der Waals surface area (Å²) in [7, 11) is 0. The Hall–Kier alpha value is -1.61. The Morgan fingerprint density at radius 3 is 2.53 bits per heavy atom. The summed E-state index contributed by atoms with van der Waals surface area (Å²) in [6.07, 6.45) is 3.70. The van der Waals surface area contributed by atoms with Gasteiger partial charge in [0.15, 0.2) is 0 Å². The molecule has 0 radical (unpaired) electrons. The van der Waals surface area contributed by atoms with Crippen LogP contribution in [-0.4, -0.2) is 53.9 Å². The lowest BCUT2D eigenvalue weighted by atomic mass is 9.93. The normalized spacial score (nSPS) is 18.6. The molecule has 1 aromatic heterocycles. The number of amides is 1. The van der Waals surface area contributed by atoms with E-state index in [1.54, 1.807) is 12.1 Å². The van der Waals surface area contributed by atoms with Crippen molar-refractivity contribution in [2.45, 2.75) is 44.1 Å². The summed E-state index contributed by atoms with van der Waals surface area (Å²) in [5.74, 6) is 0.291. The number of piperidine rings is 1. The zero-order valence-corrected chi connectivity index (χ0v) is 20.1. The first kappa shape index (κ1) is 28.4. The van der Waals surface area contributed by atoms with Crippen LogP contribution in [0, 0.1) is 0 Å². The van der Waals surface area contributed by atoms with Crippen LogP contribution in [0.25, 0.3) is 0 Å². The number of aliphatic hydroxyl groups excluding tert-OH is 1. The monoisotopic (exact) mass is 504 g/mol. The van der Waals surface area contributed by atoms with E-state index in [2.05, 4.69) is 33.1 Å². The molecule has 0 unspecified atom stereocenters. The fraction of sp³-hybridized carbons (Fsp3) is 0.455. The third-order valence-corrected chi connectivity index (χ3v) is 5.62. The van der Waals surface area contributed by atoms with Gasteiger partial charge in [0, 0.05) is 31.4 Å². The number of ether oxygens (including phenoxy) is 1. The number of aliphatic hydroxyl groups is 1. The maximum absolute atomic E-state index is 12.4. The van der Waals surface area contributed by atoms with Gasteiger partial charge in [-0.1, -0.05) is 24.3 Å². The van der Waals surface area contributed by atoms with Crippen molar-refractivity contribution in [3.05, 3.63) is 59.3 Å². The summed E-state index contributed by atoms with van der Waals surface area (Å²) < 4.78 is 5.87. The maximum atomic E-state index is 12.4. The number of rotatable bonds is 6. The van der Waals surface area contributed by atoms with Crippen molar-refractivity contribution in [2.75, 3.05) is 19.6 Å². The first-order chi connectivity index (χ1) is 14.2. The van der Waals surface area contributed by atoms with Crippen LogP contribution < -0.4 is 20.7 Å². The topological polar surface area (TPSA) is 95.5 Å². The van der Waals surface area contributed by atoms with Gasteiger partial charge in [-0.15, -0.1) is 37.2 Å².